The third-order valence-corrected chi connectivity index (χ3v) is 5.29. The summed E-state index contributed by atoms with van der Waals surface area (Å²) >= 11 is 12.5. The van der Waals surface area contributed by atoms with Gasteiger partial charge in [-0.2, -0.15) is 0 Å². The Labute approximate surface area is 182 Å². The van der Waals surface area contributed by atoms with E-state index >= 15 is 0 Å². The molecule has 1 heterocycles. The zero-order valence-corrected chi connectivity index (χ0v) is 17.0. The predicted octanol–water partition coefficient (Wildman–Crippen LogP) is 6.21. The molecule has 0 bridgehead atoms. The molecule has 4 rings (SSSR count). The second kappa shape index (κ2) is 8.22. The summed E-state index contributed by atoms with van der Waals surface area (Å²) in [5.41, 5.74) is 1.80. The molecule has 4 aromatic rings. The second-order valence-corrected chi connectivity index (χ2v) is 7.55. The number of fused-ring (bicyclic) bond motifs is 1. The van der Waals surface area contributed by atoms with Crippen molar-refractivity contribution in [2.24, 2.45) is 0 Å². The van der Waals surface area contributed by atoms with Crippen molar-refractivity contribution in [2.45, 2.75) is 6.04 Å². The van der Waals surface area contributed by atoms with E-state index in [9.17, 15) is 14.7 Å². The Bertz CT molecular complexity index is 1240. The van der Waals surface area contributed by atoms with Crippen LogP contribution in [-0.2, 0) is 0 Å². The fourth-order valence-electron chi connectivity index (χ4n) is 3.41. The Balaban J connectivity index is 1.88. The fourth-order valence-corrected chi connectivity index (χ4v) is 4.00. The van der Waals surface area contributed by atoms with E-state index in [0.29, 0.717) is 27.1 Å². The Hall–Kier alpha value is -3.28. The average Bonchev–Trinajstić information content (AvgIpc) is 3.11. The van der Waals surface area contributed by atoms with Gasteiger partial charge in [-0.3, -0.25) is 4.79 Å². The number of rotatable bonds is 6. The largest absolute Gasteiger partial charge is 0.477 e. The number of Topliss-reactive ketones (excluding diaryl/α,β-unsaturated/α-hetero) is 1. The van der Waals surface area contributed by atoms with Crippen molar-refractivity contribution in [1.29, 1.82) is 0 Å². The van der Waals surface area contributed by atoms with Gasteiger partial charge in [0, 0.05) is 16.0 Å². The number of aromatic carboxylic acids is 1. The van der Waals surface area contributed by atoms with Crippen LogP contribution in [0.1, 0.15) is 32.5 Å². The van der Waals surface area contributed by atoms with E-state index in [4.69, 9.17) is 23.2 Å². The van der Waals surface area contributed by atoms with E-state index in [1.807, 2.05) is 36.4 Å². The molecule has 30 heavy (non-hydrogen) atoms. The Morgan fingerprint density at radius 2 is 1.57 bits per heavy atom. The Morgan fingerprint density at radius 1 is 0.933 bits per heavy atom. The van der Waals surface area contributed by atoms with Crippen LogP contribution in [0.25, 0.3) is 10.9 Å². The lowest BCUT2D eigenvalue weighted by Crippen LogP contribution is -2.22. The maximum atomic E-state index is 13.4. The first-order valence-electron chi connectivity index (χ1n) is 9.10. The van der Waals surface area contributed by atoms with E-state index in [1.54, 1.807) is 30.3 Å². The number of nitrogens with one attached hydrogen (secondary N) is 2. The van der Waals surface area contributed by atoms with Gasteiger partial charge < -0.3 is 15.4 Å². The molecule has 0 saturated heterocycles. The van der Waals surface area contributed by atoms with Crippen LogP contribution in [0.2, 0.25) is 10.0 Å². The summed E-state index contributed by atoms with van der Waals surface area (Å²) in [6.07, 6.45) is 0. The van der Waals surface area contributed by atoms with Gasteiger partial charge >= 0.3 is 5.97 Å². The first-order valence-corrected chi connectivity index (χ1v) is 9.86. The molecule has 3 N–H and O–H groups in total. The lowest BCUT2D eigenvalue weighted by molar-refractivity contribution is 0.0692. The van der Waals surface area contributed by atoms with Crippen molar-refractivity contribution in [3.8, 4) is 0 Å². The summed E-state index contributed by atoms with van der Waals surface area (Å²) in [5.74, 6) is -1.38. The third-order valence-electron chi connectivity index (χ3n) is 4.77. The highest BCUT2D eigenvalue weighted by molar-refractivity contribution is 6.40. The lowest BCUT2D eigenvalue weighted by atomic mass is 9.97. The predicted molar refractivity (Wildman–Crippen MR) is 119 cm³/mol. The molecule has 0 aliphatic rings. The number of carbonyl (C=O) groups excluding carboxylic acids is 1. The molecule has 0 spiro atoms. The van der Waals surface area contributed by atoms with Crippen LogP contribution in [-0.4, -0.2) is 21.8 Å². The van der Waals surface area contributed by atoms with E-state index < -0.39 is 12.0 Å². The maximum Gasteiger partial charge on any atom is 0.354 e. The molecule has 0 aliphatic heterocycles. The normalized spacial score (nSPS) is 11.9. The van der Waals surface area contributed by atoms with Crippen molar-refractivity contribution in [2.75, 3.05) is 5.32 Å². The topological polar surface area (TPSA) is 82.2 Å². The number of benzene rings is 3. The summed E-state index contributed by atoms with van der Waals surface area (Å²) in [6, 6.07) is 20.3. The van der Waals surface area contributed by atoms with E-state index in [1.165, 1.54) is 6.07 Å². The molecule has 5 nitrogen and oxygen atoms in total. The van der Waals surface area contributed by atoms with E-state index in [-0.39, 0.29) is 22.2 Å². The smallest absolute Gasteiger partial charge is 0.354 e. The molecule has 0 aliphatic carbocycles. The van der Waals surface area contributed by atoms with Gasteiger partial charge in [-0.15, -0.1) is 0 Å². The molecule has 0 amide bonds. The van der Waals surface area contributed by atoms with Crippen molar-refractivity contribution in [1.82, 2.24) is 4.98 Å². The number of aromatic nitrogens is 1. The van der Waals surface area contributed by atoms with Gasteiger partial charge in [0.05, 0.1) is 16.2 Å². The minimum atomic E-state index is -1.18. The average molecular weight is 439 g/mol. The quantitative estimate of drug-likeness (QED) is 0.312. The molecular weight excluding hydrogens is 423 g/mol. The standard InChI is InChI=1S/C23H16Cl2N2O3/c24-15-11-16(25)18-17(12-15)26-21(23(29)30)20(18)27-19(13-7-3-1-4-8-13)22(28)14-9-5-2-6-10-14/h1-12,19,26-27H,(H,29,30). The maximum absolute atomic E-state index is 13.4. The molecule has 1 unspecified atom stereocenters. The second-order valence-electron chi connectivity index (χ2n) is 6.71. The summed E-state index contributed by atoms with van der Waals surface area (Å²) in [6.45, 7) is 0. The summed E-state index contributed by atoms with van der Waals surface area (Å²) < 4.78 is 0. The lowest BCUT2D eigenvalue weighted by Gasteiger charge is -2.20. The number of anilines is 1. The van der Waals surface area contributed by atoms with Crippen molar-refractivity contribution in [3.63, 3.8) is 0 Å². The summed E-state index contributed by atoms with van der Waals surface area (Å²) in [4.78, 5) is 28.1. The zero-order valence-electron chi connectivity index (χ0n) is 15.5. The van der Waals surface area contributed by atoms with Gasteiger partial charge in [0.2, 0.25) is 0 Å². The number of hydrogen-bond acceptors (Lipinski definition) is 3. The third kappa shape index (κ3) is 3.77. The highest BCUT2D eigenvalue weighted by Gasteiger charge is 2.27. The van der Waals surface area contributed by atoms with E-state index in [2.05, 4.69) is 10.3 Å². The number of aromatic amines is 1. The Morgan fingerprint density at radius 3 is 2.20 bits per heavy atom. The van der Waals surface area contributed by atoms with Crippen LogP contribution in [0.3, 0.4) is 0 Å². The number of ketones is 1. The van der Waals surface area contributed by atoms with E-state index in [0.717, 1.165) is 0 Å². The van der Waals surface area contributed by atoms with Gasteiger partial charge in [-0.25, -0.2) is 4.79 Å². The van der Waals surface area contributed by atoms with Crippen LogP contribution in [0.5, 0.6) is 0 Å². The molecule has 0 radical (unpaired) electrons. The summed E-state index contributed by atoms with van der Waals surface area (Å²) in [5, 5.41) is 14.0. The molecule has 1 atom stereocenters. The fraction of sp³-hybridized carbons (Fsp3) is 0.0435. The number of carbonyl (C=O) groups is 2. The van der Waals surface area contributed by atoms with Gasteiger partial charge in [-0.1, -0.05) is 83.9 Å². The van der Waals surface area contributed by atoms with Gasteiger partial charge in [0.25, 0.3) is 0 Å². The number of H-pyrrole nitrogens is 1. The highest BCUT2D eigenvalue weighted by Crippen LogP contribution is 2.38. The van der Waals surface area contributed by atoms with Crippen LogP contribution in [0, 0.1) is 0 Å². The van der Waals surface area contributed by atoms with Crippen LogP contribution in [0.4, 0.5) is 5.69 Å². The monoisotopic (exact) mass is 438 g/mol. The molecule has 0 fully saturated rings. The minimum absolute atomic E-state index is 0.101. The zero-order chi connectivity index (χ0) is 21.3. The van der Waals surface area contributed by atoms with Crippen LogP contribution in [0.15, 0.2) is 72.8 Å². The summed E-state index contributed by atoms with van der Waals surface area (Å²) in [7, 11) is 0. The minimum Gasteiger partial charge on any atom is -0.477 e. The van der Waals surface area contributed by atoms with Gasteiger partial charge in [-0.05, 0) is 17.7 Å². The van der Waals surface area contributed by atoms with Gasteiger partial charge in [0.1, 0.15) is 11.7 Å². The van der Waals surface area contributed by atoms with Crippen molar-refractivity contribution >= 4 is 51.5 Å². The molecule has 7 heteroatoms. The van der Waals surface area contributed by atoms with Crippen molar-refractivity contribution < 1.29 is 14.7 Å². The van der Waals surface area contributed by atoms with Crippen LogP contribution >= 0.6 is 23.2 Å². The molecule has 150 valence electrons. The van der Waals surface area contributed by atoms with Crippen LogP contribution < -0.4 is 5.32 Å². The number of hydrogen-bond donors (Lipinski definition) is 3. The van der Waals surface area contributed by atoms with Gasteiger partial charge in [0.15, 0.2) is 5.78 Å². The number of carboxylic acid groups (broad SMARTS) is 1. The SMILES string of the molecule is O=C(O)c1[nH]c2cc(Cl)cc(Cl)c2c1NC(C(=O)c1ccccc1)c1ccccc1. The molecule has 0 saturated carbocycles. The Kier molecular flexibility index (Phi) is 5.48. The highest BCUT2D eigenvalue weighted by atomic mass is 35.5. The first kappa shape index (κ1) is 20.0. The van der Waals surface area contributed by atoms with Crippen molar-refractivity contribution in [3.05, 3.63) is 99.7 Å². The number of halogens is 2. The molecule has 1 aromatic heterocycles. The molecular formula is C23H16Cl2N2O3. The molecule has 3 aromatic carbocycles. The number of carboxylic acids is 1. The first-order chi connectivity index (χ1) is 14.5.